The molecule has 2 aromatic rings. The number of fused-ring (bicyclic) bond motifs is 1. The highest BCUT2D eigenvalue weighted by Crippen LogP contribution is 2.28. The minimum Gasteiger partial charge on any atom is -0.284 e. The Bertz CT molecular complexity index is 771. The van der Waals surface area contributed by atoms with Crippen LogP contribution >= 0.6 is 11.6 Å². The van der Waals surface area contributed by atoms with Gasteiger partial charge in [-0.2, -0.15) is 0 Å². The summed E-state index contributed by atoms with van der Waals surface area (Å²) in [5.74, 6) is 0. The predicted octanol–water partition coefficient (Wildman–Crippen LogP) is 2.52. The number of halogens is 1. The zero-order chi connectivity index (χ0) is 14.3. The van der Waals surface area contributed by atoms with Gasteiger partial charge in [0.25, 0.3) is 10.0 Å². The van der Waals surface area contributed by atoms with Crippen LogP contribution in [0.2, 0.25) is 5.15 Å². The lowest BCUT2D eigenvalue weighted by Crippen LogP contribution is -2.27. The van der Waals surface area contributed by atoms with Gasteiger partial charge in [-0.3, -0.25) is 4.84 Å². The summed E-state index contributed by atoms with van der Waals surface area (Å²) in [5.41, 5.74) is 1.18. The summed E-state index contributed by atoms with van der Waals surface area (Å²) in [6.45, 7) is 2.61. The first-order valence-corrected chi connectivity index (χ1v) is 8.03. The van der Waals surface area contributed by atoms with Gasteiger partial charge in [-0.25, -0.2) is 13.4 Å². The van der Waals surface area contributed by atoms with Gasteiger partial charge in [0.05, 0.1) is 12.1 Å². The molecule has 1 fully saturated rings. The lowest BCUT2D eigenvalue weighted by molar-refractivity contribution is -0.0283. The monoisotopic (exact) mass is 312 g/mol. The van der Waals surface area contributed by atoms with Gasteiger partial charge in [0.1, 0.15) is 10.0 Å². The Balaban J connectivity index is 2.23. The minimum atomic E-state index is -3.70. The van der Waals surface area contributed by atoms with Crippen molar-refractivity contribution in [2.45, 2.75) is 18.2 Å². The highest BCUT2D eigenvalue weighted by Gasteiger charge is 2.30. The van der Waals surface area contributed by atoms with Gasteiger partial charge >= 0.3 is 0 Å². The topological polar surface area (TPSA) is 59.5 Å². The summed E-state index contributed by atoms with van der Waals surface area (Å²) >= 11 is 6.02. The summed E-state index contributed by atoms with van der Waals surface area (Å²) < 4.78 is 26.2. The molecule has 106 valence electrons. The van der Waals surface area contributed by atoms with Gasteiger partial charge < -0.3 is 0 Å². The van der Waals surface area contributed by atoms with Gasteiger partial charge in [0.15, 0.2) is 0 Å². The molecule has 0 amide bonds. The molecule has 3 rings (SSSR count). The summed E-state index contributed by atoms with van der Waals surface area (Å²) in [6.07, 6.45) is 0.692. The maximum atomic E-state index is 12.6. The van der Waals surface area contributed by atoms with Crippen LogP contribution in [0.3, 0.4) is 0 Å². The van der Waals surface area contributed by atoms with Crippen LogP contribution in [0.15, 0.2) is 29.2 Å². The molecule has 0 radical (unpaired) electrons. The first kappa shape index (κ1) is 13.8. The Kier molecular flexibility index (Phi) is 3.41. The number of hydrogen-bond acceptors (Lipinski definition) is 4. The largest absolute Gasteiger partial charge is 0.284 e. The highest BCUT2D eigenvalue weighted by molar-refractivity contribution is 7.89. The van der Waals surface area contributed by atoms with E-state index in [2.05, 4.69) is 4.98 Å². The molecule has 20 heavy (non-hydrogen) atoms. The van der Waals surface area contributed by atoms with Gasteiger partial charge in [-0.15, -0.1) is 0 Å². The molecule has 0 saturated carbocycles. The molecule has 1 aliphatic rings. The van der Waals surface area contributed by atoms with Crippen LogP contribution in [0.5, 0.6) is 0 Å². The van der Waals surface area contributed by atoms with E-state index in [4.69, 9.17) is 16.4 Å². The van der Waals surface area contributed by atoms with E-state index in [9.17, 15) is 8.42 Å². The standard InChI is InChI=1S/C13H13ClN2O3S/c1-9-8-10-4-2-5-11(12(10)15-13(9)14)20(17,18)16-6-3-7-19-16/h2,4-5,8H,3,6-7H2,1H3. The maximum absolute atomic E-state index is 12.6. The molecule has 5 nitrogen and oxygen atoms in total. The molecule has 1 aliphatic heterocycles. The maximum Gasteiger partial charge on any atom is 0.267 e. The number of rotatable bonds is 2. The number of pyridine rings is 1. The molecule has 0 aliphatic carbocycles. The number of sulfonamides is 1. The Morgan fingerprint density at radius 2 is 2.20 bits per heavy atom. The van der Waals surface area contributed by atoms with Crippen molar-refractivity contribution in [2.75, 3.05) is 13.2 Å². The quantitative estimate of drug-likeness (QED) is 0.800. The van der Waals surface area contributed by atoms with E-state index in [1.807, 2.05) is 19.1 Å². The smallest absolute Gasteiger partial charge is 0.267 e. The zero-order valence-electron chi connectivity index (χ0n) is 10.8. The van der Waals surface area contributed by atoms with Crippen molar-refractivity contribution in [1.29, 1.82) is 0 Å². The summed E-state index contributed by atoms with van der Waals surface area (Å²) in [7, 11) is -3.70. The third kappa shape index (κ3) is 2.18. The minimum absolute atomic E-state index is 0.124. The molecule has 0 unspecified atom stereocenters. The summed E-state index contributed by atoms with van der Waals surface area (Å²) in [5, 5.41) is 1.05. The van der Waals surface area contributed by atoms with Crippen molar-refractivity contribution >= 4 is 32.5 Å². The van der Waals surface area contributed by atoms with Gasteiger partial charge in [-0.1, -0.05) is 28.2 Å². The van der Waals surface area contributed by atoms with Crippen LogP contribution in [0.1, 0.15) is 12.0 Å². The molecule has 1 aromatic heterocycles. The average molecular weight is 313 g/mol. The fourth-order valence-electron chi connectivity index (χ4n) is 2.19. The second kappa shape index (κ2) is 4.96. The Morgan fingerprint density at radius 3 is 2.90 bits per heavy atom. The van der Waals surface area contributed by atoms with Crippen LogP contribution < -0.4 is 0 Å². The molecule has 1 saturated heterocycles. The van der Waals surface area contributed by atoms with Crippen LogP contribution in [0.4, 0.5) is 0 Å². The lowest BCUT2D eigenvalue weighted by atomic mass is 10.2. The second-order valence-electron chi connectivity index (χ2n) is 4.64. The molecule has 0 spiro atoms. The molecular weight excluding hydrogens is 300 g/mol. The van der Waals surface area contributed by atoms with Crippen molar-refractivity contribution in [3.63, 3.8) is 0 Å². The first-order valence-electron chi connectivity index (χ1n) is 6.22. The third-order valence-electron chi connectivity index (χ3n) is 3.20. The van der Waals surface area contributed by atoms with E-state index in [0.29, 0.717) is 30.2 Å². The van der Waals surface area contributed by atoms with Gasteiger partial charge in [-0.05, 0) is 31.0 Å². The lowest BCUT2D eigenvalue weighted by Gasteiger charge is -2.15. The Labute approximate surface area is 122 Å². The van der Waals surface area contributed by atoms with Gasteiger partial charge in [0, 0.05) is 11.9 Å². The fraction of sp³-hybridized carbons (Fsp3) is 0.308. The molecule has 0 bridgehead atoms. The predicted molar refractivity (Wildman–Crippen MR) is 76.0 cm³/mol. The molecule has 7 heteroatoms. The highest BCUT2D eigenvalue weighted by atomic mass is 35.5. The van der Waals surface area contributed by atoms with Crippen LogP contribution in [-0.4, -0.2) is 31.0 Å². The second-order valence-corrected chi connectivity index (χ2v) is 6.80. The molecular formula is C13H13ClN2O3S. The van der Waals surface area contributed by atoms with E-state index in [1.54, 1.807) is 6.07 Å². The van der Waals surface area contributed by atoms with Gasteiger partial charge in [0.2, 0.25) is 0 Å². The summed E-state index contributed by atoms with van der Waals surface area (Å²) in [6, 6.07) is 6.86. The van der Waals surface area contributed by atoms with E-state index in [0.717, 1.165) is 15.4 Å². The van der Waals surface area contributed by atoms with Crippen LogP contribution in [-0.2, 0) is 14.9 Å². The van der Waals surface area contributed by atoms with Crippen molar-refractivity contribution in [2.24, 2.45) is 0 Å². The average Bonchev–Trinajstić information content (AvgIpc) is 2.94. The molecule has 0 N–H and O–H groups in total. The molecule has 1 aromatic carbocycles. The molecule has 0 atom stereocenters. The summed E-state index contributed by atoms with van der Waals surface area (Å²) in [4.78, 5) is 9.50. The van der Waals surface area contributed by atoms with Crippen molar-refractivity contribution in [3.8, 4) is 0 Å². The third-order valence-corrected chi connectivity index (χ3v) is 5.30. The van der Waals surface area contributed by atoms with E-state index in [-0.39, 0.29) is 4.90 Å². The first-order chi connectivity index (χ1) is 9.50. The number of aryl methyl sites for hydroxylation is 1. The molecule has 2 heterocycles. The Morgan fingerprint density at radius 1 is 1.40 bits per heavy atom. The van der Waals surface area contributed by atoms with Crippen LogP contribution in [0, 0.1) is 6.92 Å². The number of benzene rings is 1. The number of nitrogens with zero attached hydrogens (tertiary/aromatic N) is 2. The zero-order valence-corrected chi connectivity index (χ0v) is 12.4. The number of hydroxylamine groups is 1. The van der Waals surface area contributed by atoms with Crippen molar-refractivity contribution < 1.29 is 13.3 Å². The normalized spacial score (nSPS) is 16.9. The van der Waals surface area contributed by atoms with Crippen LogP contribution in [0.25, 0.3) is 10.9 Å². The number of aromatic nitrogens is 1. The Hall–Kier alpha value is -1.21. The van der Waals surface area contributed by atoms with E-state index < -0.39 is 10.0 Å². The van der Waals surface area contributed by atoms with E-state index in [1.165, 1.54) is 6.07 Å². The fourth-order valence-corrected chi connectivity index (χ4v) is 3.79. The number of hydrogen-bond donors (Lipinski definition) is 0. The van der Waals surface area contributed by atoms with Crippen molar-refractivity contribution in [3.05, 3.63) is 35.0 Å². The van der Waals surface area contributed by atoms with E-state index >= 15 is 0 Å². The van der Waals surface area contributed by atoms with Crippen molar-refractivity contribution in [1.82, 2.24) is 9.45 Å². The number of para-hydroxylation sites is 1. The SMILES string of the molecule is Cc1cc2cccc(S(=O)(=O)N3CCCO3)c2nc1Cl.